The fourth-order valence-electron chi connectivity index (χ4n) is 2.85. The summed E-state index contributed by atoms with van der Waals surface area (Å²) in [4.78, 5) is 4.62. The summed E-state index contributed by atoms with van der Waals surface area (Å²) >= 11 is 0. The molecule has 4 nitrogen and oxygen atoms in total. The highest BCUT2D eigenvalue weighted by atomic mass is 16.7. The van der Waals surface area contributed by atoms with Gasteiger partial charge in [-0.1, -0.05) is 12.5 Å². The lowest BCUT2D eigenvalue weighted by atomic mass is 9.80. The third-order valence-electron chi connectivity index (χ3n) is 5.00. The second-order valence-electron chi connectivity index (χ2n) is 7.11. The summed E-state index contributed by atoms with van der Waals surface area (Å²) in [5, 5.41) is 3.53. The van der Waals surface area contributed by atoms with Gasteiger partial charge in [0.05, 0.1) is 16.9 Å². The van der Waals surface area contributed by atoms with E-state index in [9.17, 15) is 0 Å². The minimum Gasteiger partial charge on any atom is -0.399 e. The number of nitrogens with zero attached hydrogens (tertiary/aromatic N) is 1. The molecule has 2 aliphatic rings. The first-order valence-electron chi connectivity index (χ1n) is 7.94. The van der Waals surface area contributed by atoms with Crippen molar-refractivity contribution >= 4 is 12.6 Å². The predicted octanol–water partition coefficient (Wildman–Crippen LogP) is 2.20. The van der Waals surface area contributed by atoms with Gasteiger partial charge in [-0.15, -0.1) is 0 Å². The summed E-state index contributed by atoms with van der Waals surface area (Å²) in [5.74, 6) is 0. The summed E-state index contributed by atoms with van der Waals surface area (Å²) in [6, 6.07) is 4.58. The van der Waals surface area contributed by atoms with E-state index in [1.54, 1.807) is 0 Å². The molecular weight excluding hydrogens is 263 g/mol. The van der Waals surface area contributed by atoms with Crippen molar-refractivity contribution in [2.45, 2.75) is 64.2 Å². The molecule has 21 heavy (non-hydrogen) atoms. The smallest absolute Gasteiger partial charge is 0.399 e. The highest BCUT2D eigenvalue weighted by Crippen LogP contribution is 2.36. The summed E-state index contributed by atoms with van der Waals surface area (Å²) < 4.78 is 12.1. The van der Waals surface area contributed by atoms with Crippen molar-refractivity contribution in [3.63, 3.8) is 0 Å². The summed E-state index contributed by atoms with van der Waals surface area (Å²) in [5.41, 5.74) is 1.51. The molecule has 2 fully saturated rings. The molecule has 114 valence electrons. The van der Waals surface area contributed by atoms with Gasteiger partial charge in [0.2, 0.25) is 0 Å². The van der Waals surface area contributed by atoms with E-state index in [-0.39, 0.29) is 18.3 Å². The van der Waals surface area contributed by atoms with E-state index in [2.05, 4.69) is 50.1 Å². The predicted molar refractivity (Wildman–Crippen MR) is 84.5 cm³/mol. The topological polar surface area (TPSA) is 43.4 Å². The van der Waals surface area contributed by atoms with Crippen LogP contribution < -0.4 is 10.8 Å². The van der Waals surface area contributed by atoms with E-state index >= 15 is 0 Å². The van der Waals surface area contributed by atoms with Gasteiger partial charge in [0.25, 0.3) is 0 Å². The Kier molecular flexibility index (Phi) is 3.84. The van der Waals surface area contributed by atoms with Gasteiger partial charge in [-0.2, -0.15) is 0 Å². The minimum absolute atomic E-state index is 0.304. The quantitative estimate of drug-likeness (QED) is 0.847. The van der Waals surface area contributed by atoms with E-state index < -0.39 is 0 Å². The molecule has 0 bridgehead atoms. The molecule has 1 atom stereocenters. The highest BCUT2D eigenvalue weighted by molar-refractivity contribution is 6.62. The second-order valence-corrected chi connectivity index (χ2v) is 7.11. The molecule has 2 aliphatic heterocycles. The minimum atomic E-state index is -0.323. The van der Waals surface area contributed by atoms with Crippen LogP contribution in [0.5, 0.6) is 0 Å². The van der Waals surface area contributed by atoms with Crippen molar-refractivity contribution in [3.05, 3.63) is 24.0 Å². The van der Waals surface area contributed by atoms with E-state index in [1.807, 2.05) is 6.20 Å². The first-order chi connectivity index (χ1) is 9.89. The molecule has 0 aliphatic carbocycles. The number of nitrogens with one attached hydrogen (secondary N) is 1. The lowest BCUT2D eigenvalue weighted by Crippen LogP contribution is -2.41. The zero-order valence-electron chi connectivity index (χ0n) is 13.5. The maximum absolute atomic E-state index is 6.06. The Labute approximate surface area is 127 Å². The Morgan fingerprint density at radius 1 is 1.14 bits per heavy atom. The van der Waals surface area contributed by atoms with Crippen LogP contribution in [0.2, 0.25) is 0 Å². The van der Waals surface area contributed by atoms with Crippen molar-refractivity contribution in [1.82, 2.24) is 10.3 Å². The van der Waals surface area contributed by atoms with Gasteiger partial charge in [-0.05, 0) is 53.1 Å². The molecule has 0 aromatic carbocycles. The van der Waals surface area contributed by atoms with Gasteiger partial charge in [-0.3, -0.25) is 4.98 Å². The average Bonchev–Trinajstić information content (AvgIpc) is 2.69. The molecule has 1 aromatic rings. The van der Waals surface area contributed by atoms with E-state index in [0.717, 1.165) is 17.7 Å². The zero-order chi connectivity index (χ0) is 15.1. The number of piperidine rings is 1. The fourth-order valence-corrected chi connectivity index (χ4v) is 2.85. The van der Waals surface area contributed by atoms with Crippen molar-refractivity contribution in [1.29, 1.82) is 0 Å². The number of pyridine rings is 1. The van der Waals surface area contributed by atoms with Crippen LogP contribution in [0, 0.1) is 0 Å². The first-order valence-corrected chi connectivity index (χ1v) is 7.94. The zero-order valence-corrected chi connectivity index (χ0v) is 13.5. The Bertz CT molecular complexity index is 480. The molecule has 0 spiro atoms. The molecule has 5 heteroatoms. The molecule has 0 amide bonds. The highest BCUT2D eigenvalue weighted by Gasteiger charge is 2.51. The molecule has 3 rings (SSSR count). The van der Waals surface area contributed by atoms with Crippen LogP contribution in [0.1, 0.15) is 58.7 Å². The van der Waals surface area contributed by atoms with Crippen LogP contribution in [0.4, 0.5) is 0 Å². The Morgan fingerprint density at radius 2 is 1.86 bits per heavy atom. The van der Waals surface area contributed by atoms with Crippen molar-refractivity contribution < 1.29 is 9.31 Å². The molecule has 1 aromatic heterocycles. The normalized spacial score (nSPS) is 27.8. The van der Waals surface area contributed by atoms with Gasteiger partial charge < -0.3 is 14.6 Å². The molecule has 1 N–H and O–H groups in total. The Hall–Kier alpha value is -0.905. The van der Waals surface area contributed by atoms with Crippen LogP contribution in [0.3, 0.4) is 0 Å². The van der Waals surface area contributed by atoms with Gasteiger partial charge >= 0.3 is 7.12 Å². The molecule has 0 radical (unpaired) electrons. The Morgan fingerprint density at radius 3 is 2.38 bits per heavy atom. The lowest BCUT2D eigenvalue weighted by molar-refractivity contribution is 0.00578. The molecule has 1 unspecified atom stereocenters. The Balaban J connectivity index is 1.73. The number of rotatable bonds is 2. The maximum Gasteiger partial charge on any atom is 0.496 e. The van der Waals surface area contributed by atoms with E-state index in [1.165, 1.54) is 19.3 Å². The first kappa shape index (κ1) is 15.0. The monoisotopic (exact) mass is 288 g/mol. The van der Waals surface area contributed by atoms with Gasteiger partial charge in [0.1, 0.15) is 0 Å². The molecule has 2 saturated heterocycles. The average molecular weight is 288 g/mol. The van der Waals surface area contributed by atoms with Crippen molar-refractivity contribution in [2.75, 3.05) is 6.54 Å². The van der Waals surface area contributed by atoms with Gasteiger partial charge in [-0.25, -0.2) is 0 Å². The number of hydrogen-bond acceptors (Lipinski definition) is 4. The SMILES string of the molecule is CC1(C)OB(c2ccc(C3CCCCN3)nc2)OC1(C)C. The third kappa shape index (κ3) is 2.87. The molecule has 0 saturated carbocycles. The van der Waals surface area contributed by atoms with Crippen molar-refractivity contribution in [2.24, 2.45) is 0 Å². The lowest BCUT2D eigenvalue weighted by Gasteiger charge is -2.32. The largest absolute Gasteiger partial charge is 0.496 e. The van der Waals surface area contributed by atoms with Crippen LogP contribution in [0.15, 0.2) is 18.3 Å². The van der Waals surface area contributed by atoms with Crippen LogP contribution in [-0.2, 0) is 9.31 Å². The standard InChI is InChI=1S/C16H25BN2O2/c1-15(2)16(3,4)21-17(20-15)12-8-9-14(19-11-12)13-7-5-6-10-18-13/h8-9,11,13,18H,5-7,10H2,1-4H3. The maximum atomic E-state index is 6.06. The number of hydrogen-bond donors (Lipinski definition) is 1. The summed E-state index contributed by atoms with van der Waals surface area (Å²) in [6.45, 7) is 9.37. The van der Waals surface area contributed by atoms with Crippen LogP contribution >= 0.6 is 0 Å². The third-order valence-corrected chi connectivity index (χ3v) is 5.00. The van der Waals surface area contributed by atoms with E-state index in [0.29, 0.717) is 6.04 Å². The fraction of sp³-hybridized carbons (Fsp3) is 0.688. The molecular formula is C16H25BN2O2. The second kappa shape index (κ2) is 5.38. The van der Waals surface area contributed by atoms with Crippen LogP contribution in [-0.4, -0.2) is 29.8 Å². The summed E-state index contributed by atoms with van der Waals surface area (Å²) in [6.07, 6.45) is 5.61. The van der Waals surface area contributed by atoms with Crippen LogP contribution in [0.25, 0.3) is 0 Å². The van der Waals surface area contributed by atoms with Gasteiger partial charge in [0, 0.05) is 17.7 Å². The number of aromatic nitrogens is 1. The molecule has 3 heterocycles. The van der Waals surface area contributed by atoms with Crippen molar-refractivity contribution in [3.8, 4) is 0 Å². The summed E-state index contributed by atoms with van der Waals surface area (Å²) in [7, 11) is -0.323. The van der Waals surface area contributed by atoms with Gasteiger partial charge in [0.15, 0.2) is 0 Å². The van der Waals surface area contributed by atoms with E-state index in [4.69, 9.17) is 9.31 Å².